The van der Waals surface area contributed by atoms with Crippen molar-refractivity contribution in [3.05, 3.63) is 70.3 Å². The van der Waals surface area contributed by atoms with Gasteiger partial charge in [0.05, 0.1) is 5.69 Å². The summed E-state index contributed by atoms with van der Waals surface area (Å²) in [5.41, 5.74) is 9.21. The van der Waals surface area contributed by atoms with Gasteiger partial charge < -0.3 is 4.90 Å². The molecule has 0 fully saturated rings. The Hall–Kier alpha value is -2.95. The zero-order valence-corrected chi connectivity index (χ0v) is 17.0. The fraction of sp³-hybridized carbons (Fsp3) is 0.348. The molecule has 0 aliphatic carbocycles. The molecular formula is C23H26N4O. The zero-order chi connectivity index (χ0) is 19.8. The van der Waals surface area contributed by atoms with Crippen molar-refractivity contribution in [2.75, 3.05) is 6.54 Å². The number of amides is 1. The molecule has 2 aromatic heterocycles. The number of fused-ring (bicyclic) bond motifs is 1. The predicted octanol–water partition coefficient (Wildman–Crippen LogP) is 3.59. The second-order valence-electron chi connectivity index (χ2n) is 7.65. The lowest BCUT2D eigenvalue weighted by Gasteiger charge is -2.26. The first-order chi connectivity index (χ1) is 13.4. The molecule has 1 aromatic carbocycles. The highest BCUT2D eigenvalue weighted by atomic mass is 16.2. The second-order valence-corrected chi connectivity index (χ2v) is 7.65. The molecule has 0 saturated carbocycles. The van der Waals surface area contributed by atoms with Crippen LogP contribution in [0.4, 0.5) is 0 Å². The summed E-state index contributed by atoms with van der Waals surface area (Å²) in [7, 11) is 2.00. The van der Waals surface area contributed by atoms with Gasteiger partial charge in [0.2, 0.25) is 5.91 Å². The highest BCUT2D eigenvalue weighted by Crippen LogP contribution is 2.26. The average molecular weight is 374 g/mol. The number of nitrogens with zero attached hydrogens (tertiary/aromatic N) is 4. The van der Waals surface area contributed by atoms with Gasteiger partial charge >= 0.3 is 0 Å². The molecule has 1 aliphatic rings. The van der Waals surface area contributed by atoms with Crippen molar-refractivity contribution < 1.29 is 4.79 Å². The van der Waals surface area contributed by atoms with Crippen molar-refractivity contribution in [2.24, 2.45) is 7.05 Å². The Bertz CT molecular complexity index is 1030. The summed E-state index contributed by atoms with van der Waals surface area (Å²) in [5, 5.41) is 4.75. The number of aromatic nitrogens is 3. The van der Waals surface area contributed by atoms with Crippen molar-refractivity contribution >= 4 is 5.91 Å². The Morgan fingerprint density at radius 3 is 2.54 bits per heavy atom. The summed E-state index contributed by atoms with van der Waals surface area (Å²) in [6.07, 6.45) is 1.65. The summed E-state index contributed by atoms with van der Waals surface area (Å²) >= 11 is 0. The van der Waals surface area contributed by atoms with Crippen LogP contribution in [-0.4, -0.2) is 32.1 Å². The molecule has 0 bridgehead atoms. The smallest absolute Gasteiger partial charge is 0.219 e. The topological polar surface area (TPSA) is 51.0 Å². The predicted molar refractivity (Wildman–Crippen MR) is 110 cm³/mol. The van der Waals surface area contributed by atoms with E-state index in [9.17, 15) is 4.79 Å². The molecule has 4 rings (SSSR count). The van der Waals surface area contributed by atoms with Crippen molar-refractivity contribution in [1.82, 2.24) is 19.7 Å². The molecule has 144 valence electrons. The minimum absolute atomic E-state index is 0.131. The molecule has 3 aromatic rings. The lowest BCUT2D eigenvalue weighted by molar-refractivity contribution is -0.129. The van der Waals surface area contributed by atoms with E-state index in [1.54, 1.807) is 6.92 Å². The van der Waals surface area contributed by atoms with Crippen LogP contribution < -0.4 is 0 Å². The molecule has 0 radical (unpaired) electrons. The molecule has 28 heavy (non-hydrogen) atoms. The second kappa shape index (κ2) is 7.23. The fourth-order valence-electron chi connectivity index (χ4n) is 4.07. The lowest BCUT2D eigenvalue weighted by Crippen LogP contribution is -2.34. The monoisotopic (exact) mass is 374 g/mol. The summed E-state index contributed by atoms with van der Waals surface area (Å²) in [6, 6.07) is 12.8. The van der Waals surface area contributed by atoms with Crippen LogP contribution in [0.3, 0.4) is 0 Å². The van der Waals surface area contributed by atoms with Crippen LogP contribution in [0, 0.1) is 13.8 Å². The number of hydrogen-bond acceptors (Lipinski definition) is 3. The molecule has 1 aliphatic heterocycles. The lowest BCUT2D eigenvalue weighted by atomic mass is 9.98. The largest absolute Gasteiger partial charge is 0.338 e. The molecule has 0 atom stereocenters. The Labute approximate surface area is 166 Å². The van der Waals surface area contributed by atoms with Gasteiger partial charge in [0.25, 0.3) is 0 Å². The number of carbonyl (C=O) groups is 1. The molecule has 5 nitrogen and oxygen atoms in total. The third kappa shape index (κ3) is 3.44. The van der Waals surface area contributed by atoms with E-state index in [1.807, 2.05) is 23.6 Å². The van der Waals surface area contributed by atoms with Gasteiger partial charge in [-0.2, -0.15) is 5.10 Å². The van der Waals surface area contributed by atoms with E-state index < -0.39 is 0 Å². The van der Waals surface area contributed by atoms with Crippen LogP contribution in [-0.2, 0) is 31.2 Å². The van der Waals surface area contributed by atoms with E-state index in [4.69, 9.17) is 5.10 Å². The van der Waals surface area contributed by atoms with Crippen molar-refractivity contribution in [3.8, 4) is 11.1 Å². The van der Waals surface area contributed by atoms with E-state index in [0.717, 1.165) is 36.5 Å². The first-order valence-corrected chi connectivity index (χ1v) is 9.75. The molecule has 0 saturated heterocycles. The van der Waals surface area contributed by atoms with Crippen LogP contribution in [0.15, 0.2) is 36.4 Å². The quantitative estimate of drug-likeness (QED) is 0.704. The third-order valence-electron chi connectivity index (χ3n) is 5.63. The van der Waals surface area contributed by atoms with Crippen LogP contribution in [0.5, 0.6) is 0 Å². The number of aryl methyl sites for hydroxylation is 3. The molecule has 0 unspecified atom stereocenters. The summed E-state index contributed by atoms with van der Waals surface area (Å²) in [5.74, 6) is 0.131. The normalized spacial score (nSPS) is 13.5. The SMILES string of the molecule is CC(=O)N1CCc2c(c(Cc3ccc(-c4ccc(C)nc4C)cc3)nn2C)C1. The summed E-state index contributed by atoms with van der Waals surface area (Å²) in [4.78, 5) is 18.3. The molecular weight excluding hydrogens is 348 g/mol. The number of benzene rings is 1. The Morgan fingerprint density at radius 2 is 1.86 bits per heavy atom. The van der Waals surface area contributed by atoms with Crippen molar-refractivity contribution in [3.63, 3.8) is 0 Å². The van der Waals surface area contributed by atoms with Gasteiger partial charge in [-0.3, -0.25) is 14.5 Å². The average Bonchev–Trinajstić information content (AvgIpc) is 2.98. The molecule has 3 heterocycles. The first-order valence-electron chi connectivity index (χ1n) is 9.75. The number of rotatable bonds is 3. The van der Waals surface area contributed by atoms with Gasteiger partial charge in [-0.15, -0.1) is 0 Å². The number of pyridine rings is 1. The van der Waals surface area contributed by atoms with E-state index in [1.165, 1.54) is 27.9 Å². The van der Waals surface area contributed by atoms with E-state index >= 15 is 0 Å². The highest BCUT2D eigenvalue weighted by Gasteiger charge is 2.25. The Balaban J connectivity index is 1.58. The maximum absolute atomic E-state index is 11.8. The maximum atomic E-state index is 11.8. The molecule has 5 heteroatoms. The summed E-state index contributed by atoms with van der Waals surface area (Å²) in [6.45, 7) is 7.15. The van der Waals surface area contributed by atoms with Gasteiger partial charge in [-0.05, 0) is 31.0 Å². The van der Waals surface area contributed by atoms with Crippen LogP contribution in [0.1, 0.15) is 40.8 Å². The maximum Gasteiger partial charge on any atom is 0.219 e. The van der Waals surface area contributed by atoms with E-state index in [2.05, 4.69) is 48.3 Å². The van der Waals surface area contributed by atoms with Crippen LogP contribution in [0.25, 0.3) is 11.1 Å². The van der Waals surface area contributed by atoms with Crippen LogP contribution >= 0.6 is 0 Å². The first kappa shape index (κ1) is 18.4. The molecule has 0 N–H and O–H groups in total. The van der Waals surface area contributed by atoms with E-state index in [-0.39, 0.29) is 5.91 Å². The van der Waals surface area contributed by atoms with Crippen molar-refractivity contribution in [1.29, 1.82) is 0 Å². The van der Waals surface area contributed by atoms with Crippen molar-refractivity contribution in [2.45, 2.75) is 40.2 Å². The standard InChI is InChI=1S/C23H26N4O/c1-15-5-10-20(16(2)24-15)19-8-6-18(7-9-19)13-22-21-14-27(17(3)28)12-11-23(21)26(4)25-22/h5-10H,11-14H2,1-4H3. The minimum Gasteiger partial charge on any atom is -0.338 e. The number of hydrogen-bond donors (Lipinski definition) is 0. The van der Waals surface area contributed by atoms with Gasteiger partial charge in [0.1, 0.15) is 0 Å². The van der Waals surface area contributed by atoms with Crippen LogP contribution in [0.2, 0.25) is 0 Å². The van der Waals surface area contributed by atoms with Gasteiger partial charge in [-0.25, -0.2) is 0 Å². The van der Waals surface area contributed by atoms with Gasteiger partial charge in [0, 0.05) is 68.1 Å². The number of carbonyl (C=O) groups excluding carboxylic acids is 1. The molecule has 1 amide bonds. The minimum atomic E-state index is 0.131. The van der Waals surface area contributed by atoms with E-state index in [0.29, 0.717) is 6.54 Å². The Kier molecular flexibility index (Phi) is 4.75. The zero-order valence-electron chi connectivity index (χ0n) is 17.0. The van der Waals surface area contributed by atoms with Gasteiger partial charge in [0.15, 0.2) is 0 Å². The fourth-order valence-corrected chi connectivity index (χ4v) is 4.07. The molecule has 0 spiro atoms. The highest BCUT2D eigenvalue weighted by molar-refractivity contribution is 5.73. The Morgan fingerprint density at radius 1 is 1.11 bits per heavy atom. The summed E-state index contributed by atoms with van der Waals surface area (Å²) < 4.78 is 1.98. The third-order valence-corrected chi connectivity index (χ3v) is 5.63. The van der Waals surface area contributed by atoms with Gasteiger partial charge in [-0.1, -0.05) is 30.3 Å².